The van der Waals surface area contributed by atoms with Gasteiger partial charge >= 0.3 is 12.0 Å². The fourth-order valence-corrected chi connectivity index (χ4v) is 4.21. The summed E-state index contributed by atoms with van der Waals surface area (Å²) in [6.07, 6.45) is 0. The molecular formula is C21H23ClN5O3+. The number of fused-ring (bicyclic) bond motifs is 3. The smallest absolute Gasteiger partial charge is 0.407 e. The second-order valence-corrected chi connectivity index (χ2v) is 8.00. The summed E-state index contributed by atoms with van der Waals surface area (Å²) < 4.78 is 9.05. The molecule has 156 valence electrons. The van der Waals surface area contributed by atoms with Crippen LogP contribution in [0.1, 0.15) is 24.4 Å². The van der Waals surface area contributed by atoms with Crippen LogP contribution in [0.2, 0.25) is 5.02 Å². The Morgan fingerprint density at radius 2 is 2.03 bits per heavy atom. The number of rotatable bonds is 4. The van der Waals surface area contributed by atoms with Gasteiger partial charge in [0.05, 0.1) is 18.7 Å². The van der Waals surface area contributed by atoms with Crippen LogP contribution in [0.4, 0.5) is 10.7 Å². The molecule has 0 aliphatic carbocycles. The van der Waals surface area contributed by atoms with Crippen molar-refractivity contribution in [2.24, 2.45) is 4.99 Å². The molecule has 3 heterocycles. The highest BCUT2D eigenvalue weighted by Gasteiger charge is 2.54. The topological polar surface area (TPSA) is 71.0 Å². The highest BCUT2D eigenvalue weighted by atomic mass is 35.5. The molecule has 2 aromatic rings. The number of likely N-dealkylation sites (N-methyl/N-ethyl adjacent to an activating group) is 1. The number of hydrogen-bond donors (Lipinski definition) is 0. The Balaban J connectivity index is 1.89. The Labute approximate surface area is 179 Å². The highest BCUT2D eigenvalue weighted by molar-refractivity contribution is 6.32. The van der Waals surface area contributed by atoms with Gasteiger partial charge in [0, 0.05) is 7.05 Å². The van der Waals surface area contributed by atoms with Crippen molar-refractivity contribution in [1.82, 2.24) is 14.4 Å². The number of nitrogens with zero attached hydrogens (tertiary/aromatic N) is 5. The Morgan fingerprint density at radius 1 is 1.33 bits per heavy atom. The van der Waals surface area contributed by atoms with Crippen molar-refractivity contribution in [3.63, 3.8) is 0 Å². The maximum Gasteiger partial charge on any atom is 0.407 e. The number of aliphatic imine (C=N–C) groups is 1. The van der Waals surface area contributed by atoms with Crippen LogP contribution in [0, 0.1) is 13.8 Å². The number of benzene rings is 1. The molecule has 1 aromatic heterocycles. The number of carbonyl (C=O) groups is 2. The first-order chi connectivity index (χ1) is 14.2. The van der Waals surface area contributed by atoms with Crippen LogP contribution in [-0.4, -0.2) is 52.8 Å². The molecule has 0 bridgehead atoms. The van der Waals surface area contributed by atoms with E-state index in [1.165, 1.54) is 9.80 Å². The number of hydrogen-bond acceptors (Lipinski definition) is 4. The summed E-state index contributed by atoms with van der Waals surface area (Å²) in [7, 11) is 3.20. The minimum absolute atomic E-state index is 0.175. The van der Waals surface area contributed by atoms with Gasteiger partial charge in [0.15, 0.2) is 0 Å². The molecule has 9 heteroatoms. The van der Waals surface area contributed by atoms with Crippen molar-refractivity contribution >= 4 is 35.3 Å². The van der Waals surface area contributed by atoms with Crippen LogP contribution in [0.25, 0.3) is 5.69 Å². The van der Waals surface area contributed by atoms with Gasteiger partial charge in [-0.05, 0) is 39.0 Å². The van der Waals surface area contributed by atoms with E-state index in [-0.39, 0.29) is 12.5 Å². The number of imidazole rings is 1. The fourth-order valence-electron chi connectivity index (χ4n) is 3.96. The number of amides is 3. The summed E-state index contributed by atoms with van der Waals surface area (Å²) in [6.45, 7) is 9.70. The lowest BCUT2D eigenvalue weighted by atomic mass is 10.1. The van der Waals surface area contributed by atoms with Crippen molar-refractivity contribution in [2.75, 3.05) is 20.7 Å². The molecule has 2 aliphatic rings. The van der Waals surface area contributed by atoms with Gasteiger partial charge in [-0.1, -0.05) is 28.7 Å². The molecule has 3 amide bonds. The molecule has 1 aromatic carbocycles. The average molecular weight is 429 g/mol. The second-order valence-electron chi connectivity index (χ2n) is 7.59. The Morgan fingerprint density at radius 3 is 2.63 bits per heavy atom. The number of methoxy groups -OCH3 is 1. The van der Waals surface area contributed by atoms with Gasteiger partial charge in [-0.25, -0.2) is 9.36 Å². The van der Waals surface area contributed by atoms with Crippen LogP contribution in [0.3, 0.4) is 0 Å². The minimum atomic E-state index is -0.698. The van der Waals surface area contributed by atoms with E-state index in [1.807, 2.05) is 29.0 Å². The average Bonchev–Trinajstić information content (AvgIpc) is 3.19. The summed E-state index contributed by atoms with van der Waals surface area (Å²) in [5.74, 6) is 1.24. The summed E-state index contributed by atoms with van der Waals surface area (Å²) in [5.41, 5.74) is 3.32. The first-order valence-electron chi connectivity index (χ1n) is 9.46. The molecule has 8 nitrogen and oxygen atoms in total. The highest BCUT2D eigenvalue weighted by Crippen LogP contribution is 2.35. The van der Waals surface area contributed by atoms with E-state index >= 15 is 0 Å². The number of aromatic nitrogens is 2. The van der Waals surface area contributed by atoms with Crippen molar-refractivity contribution < 1.29 is 18.9 Å². The van der Waals surface area contributed by atoms with Crippen LogP contribution in [0.5, 0.6) is 5.75 Å². The van der Waals surface area contributed by atoms with E-state index < -0.39 is 12.1 Å². The van der Waals surface area contributed by atoms with Gasteiger partial charge in [0.2, 0.25) is 11.9 Å². The zero-order chi connectivity index (χ0) is 21.9. The lowest BCUT2D eigenvalue weighted by molar-refractivity contribution is -0.682. The third kappa shape index (κ3) is 2.74. The van der Waals surface area contributed by atoms with Gasteiger partial charge < -0.3 is 4.74 Å². The van der Waals surface area contributed by atoms with Crippen LogP contribution >= 0.6 is 11.6 Å². The van der Waals surface area contributed by atoms with E-state index in [2.05, 4.69) is 6.58 Å². The third-order valence-corrected chi connectivity index (χ3v) is 5.83. The molecule has 30 heavy (non-hydrogen) atoms. The van der Waals surface area contributed by atoms with Gasteiger partial charge in [-0.3, -0.25) is 14.6 Å². The predicted octanol–water partition coefficient (Wildman–Crippen LogP) is 3.10. The number of carbonyl (C=O) groups excluding carboxylic acids is 2. The lowest BCUT2D eigenvalue weighted by Gasteiger charge is -2.33. The number of halogens is 1. The van der Waals surface area contributed by atoms with Gasteiger partial charge in [-0.15, -0.1) is 0 Å². The third-order valence-electron chi connectivity index (χ3n) is 5.54. The molecule has 0 N–H and O–H groups in total. The predicted molar refractivity (Wildman–Crippen MR) is 113 cm³/mol. The second kappa shape index (κ2) is 6.98. The van der Waals surface area contributed by atoms with E-state index in [0.29, 0.717) is 22.6 Å². The van der Waals surface area contributed by atoms with Gasteiger partial charge in [0.25, 0.3) is 5.91 Å². The largest absolute Gasteiger partial charge is 0.495 e. The normalized spacial score (nSPS) is 17.8. The number of amidine groups is 1. The maximum absolute atomic E-state index is 13.3. The SMILES string of the molecule is C=C(C)CN1C(=O)C2C(=Nc3n(-c4ccc(OC)c(Cl)c4)c(C)c(C)[n+]32)N(C)C1=O. The van der Waals surface area contributed by atoms with Crippen LogP contribution in [-0.2, 0) is 4.79 Å². The van der Waals surface area contributed by atoms with Crippen molar-refractivity contribution in [3.8, 4) is 11.4 Å². The zero-order valence-corrected chi connectivity index (χ0v) is 18.3. The maximum atomic E-state index is 13.3. The number of imide groups is 1. The Hall–Kier alpha value is -3.13. The summed E-state index contributed by atoms with van der Waals surface area (Å²) >= 11 is 6.34. The summed E-state index contributed by atoms with van der Waals surface area (Å²) in [5, 5.41) is 0.471. The Bertz CT molecular complexity index is 1150. The summed E-state index contributed by atoms with van der Waals surface area (Å²) in [6, 6.07) is 4.35. The molecule has 0 saturated carbocycles. The molecule has 1 atom stereocenters. The van der Waals surface area contributed by atoms with E-state index in [0.717, 1.165) is 22.6 Å². The molecule has 1 unspecified atom stereocenters. The molecule has 0 radical (unpaired) electrons. The standard InChI is InChI=1S/C21H23ClN5O3/c1-11(2)10-25-19(28)17-18(24(5)21(25)29)23-20-26(12(3)13(4)27(17)20)14-7-8-16(30-6)15(22)9-14/h7-9,17H,1,10H2,2-6H3/q+1. The molecule has 1 fully saturated rings. The summed E-state index contributed by atoms with van der Waals surface area (Å²) in [4.78, 5) is 33.4. The quantitative estimate of drug-likeness (QED) is 0.555. The molecule has 4 rings (SSSR count). The van der Waals surface area contributed by atoms with Crippen molar-refractivity contribution in [1.29, 1.82) is 0 Å². The van der Waals surface area contributed by atoms with Crippen molar-refractivity contribution in [3.05, 3.63) is 46.8 Å². The first kappa shape index (κ1) is 20.2. The van der Waals surface area contributed by atoms with Crippen LogP contribution < -0.4 is 9.30 Å². The molecule has 1 saturated heterocycles. The zero-order valence-electron chi connectivity index (χ0n) is 17.6. The molecular weight excluding hydrogens is 406 g/mol. The van der Waals surface area contributed by atoms with E-state index in [9.17, 15) is 9.59 Å². The van der Waals surface area contributed by atoms with Gasteiger partial charge in [0.1, 0.15) is 22.8 Å². The van der Waals surface area contributed by atoms with Gasteiger partial charge in [-0.2, -0.15) is 4.57 Å². The van der Waals surface area contributed by atoms with E-state index in [1.54, 1.807) is 33.2 Å². The Kier molecular flexibility index (Phi) is 4.69. The first-order valence-corrected chi connectivity index (χ1v) is 9.84. The van der Waals surface area contributed by atoms with Crippen LogP contribution in [0.15, 0.2) is 35.3 Å². The molecule has 2 aliphatic heterocycles. The fraction of sp³-hybridized carbons (Fsp3) is 0.333. The monoisotopic (exact) mass is 428 g/mol. The number of ether oxygens (including phenoxy) is 1. The minimum Gasteiger partial charge on any atom is -0.495 e. The molecule has 0 spiro atoms. The lowest BCUT2D eigenvalue weighted by Crippen LogP contribution is -2.63. The van der Waals surface area contributed by atoms with E-state index in [4.69, 9.17) is 21.3 Å². The number of urea groups is 1. The van der Waals surface area contributed by atoms with Crippen molar-refractivity contribution in [2.45, 2.75) is 26.8 Å².